The van der Waals surface area contributed by atoms with Crippen molar-refractivity contribution in [2.45, 2.75) is 6.10 Å². The van der Waals surface area contributed by atoms with E-state index in [0.29, 0.717) is 5.69 Å². The first-order chi connectivity index (χ1) is 8.11. The minimum atomic E-state index is -0.557. The third-order valence-electron chi connectivity index (χ3n) is 2.45. The first-order valence-corrected chi connectivity index (χ1v) is 4.95. The monoisotopic (exact) mass is 238 g/mol. The lowest BCUT2D eigenvalue weighted by molar-refractivity contribution is -0.384. The van der Waals surface area contributed by atoms with Crippen LogP contribution in [0.3, 0.4) is 0 Å². The van der Waals surface area contributed by atoms with Crippen LogP contribution in [0.4, 0.5) is 16.2 Å². The van der Waals surface area contributed by atoms with E-state index in [-0.39, 0.29) is 18.8 Å². The van der Waals surface area contributed by atoms with Crippen LogP contribution in [-0.4, -0.2) is 35.4 Å². The number of aliphatic hydroxyl groups excluding tert-OH is 1. The van der Waals surface area contributed by atoms with E-state index in [2.05, 4.69) is 0 Å². The molecule has 0 aromatic heterocycles. The molecule has 1 aliphatic rings. The fraction of sp³-hybridized carbons (Fsp3) is 0.300. The average Bonchev–Trinajstić information content (AvgIpc) is 2.71. The number of nitrogens with zero attached hydrogens (tertiary/aromatic N) is 2. The Morgan fingerprint density at radius 3 is 2.59 bits per heavy atom. The minimum absolute atomic E-state index is 0.0416. The zero-order valence-electron chi connectivity index (χ0n) is 8.78. The summed E-state index contributed by atoms with van der Waals surface area (Å²) in [6, 6.07) is 5.57. The van der Waals surface area contributed by atoms with E-state index in [1.54, 1.807) is 0 Å². The topological polar surface area (TPSA) is 92.9 Å². The van der Waals surface area contributed by atoms with Gasteiger partial charge in [0.2, 0.25) is 0 Å². The van der Waals surface area contributed by atoms with Crippen molar-refractivity contribution < 1.29 is 19.6 Å². The number of nitro benzene ring substituents is 1. The molecule has 7 nitrogen and oxygen atoms in total. The SMILES string of the molecule is O=C1O[C@H](CO)CN1c1ccc([N+](=O)[O-])cc1. The van der Waals surface area contributed by atoms with Crippen molar-refractivity contribution >= 4 is 17.5 Å². The zero-order valence-corrected chi connectivity index (χ0v) is 8.78. The molecular weight excluding hydrogens is 228 g/mol. The number of aliphatic hydroxyl groups is 1. The number of benzene rings is 1. The Morgan fingerprint density at radius 2 is 2.12 bits per heavy atom. The molecule has 0 bridgehead atoms. The zero-order chi connectivity index (χ0) is 12.4. The Balaban J connectivity index is 2.18. The highest BCUT2D eigenvalue weighted by Gasteiger charge is 2.31. The number of non-ortho nitro benzene ring substituents is 1. The van der Waals surface area contributed by atoms with Crippen molar-refractivity contribution in [1.29, 1.82) is 0 Å². The van der Waals surface area contributed by atoms with E-state index in [1.165, 1.54) is 29.2 Å². The van der Waals surface area contributed by atoms with E-state index >= 15 is 0 Å². The van der Waals surface area contributed by atoms with Crippen LogP contribution in [0.5, 0.6) is 0 Å². The van der Waals surface area contributed by atoms with Crippen LogP contribution in [0.2, 0.25) is 0 Å². The van der Waals surface area contributed by atoms with E-state index in [1.807, 2.05) is 0 Å². The van der Waals surface area contributed by atoms with E-state index < -0.39 is 17.1 Å². The summed E-state index contributed by atoms with van der Waals surface area (Å²) in [5, 5.41) is 19.3. The smallest absolute Gasteiger partial charge is 0.414 e. The molecule has 1 fully saturated rings. The summed E-state index contributed by atoms with van der Waals surface area (Å²) in [7, 11) is 0. The van der Waals surface area contributed by atoms with E-state index in [0.717, 1.165) is 0 Å². The Kier molecular flexibility index (Phi) is 2.92. The van der Waals surface area contributed by atoms with Crippen LogP contribution in [0, 0.1) is 10.1 Å². The largest absolute Gasteiger partial charge is 0.441 e. The molecule has 17 heavy (non-hydrogen) atoms. The fourth-order valence-electron chi connectivity index (χ4n) is 1.58. The summed E-state index contributed by atoms with van der Waals surface area (Å²) in [4.78, 5) is 22.7. The van der Waals surface area contributed by atoms with Gasteiger partial charge in [-0.3, -0.25) is 15.0 Å². The molecule has 1 saturated heterocycles. The molecule has 90 valence electrons. The van der Waals surface area contributed by atoms with Gasteiger partial charge >= 0.3 is 6.09 Å². The molecule has 0 unspecified atom stereocenters. The number of hydrogen-bond acceptors (Lipinski definition) is 5. The number of anilines is 1. The number of carbonyl (C=O) groups excluding carboxylic acids is 1. The summed E-state index contributed by atoms with van der Waals surface area (Å²) in [5.41, 5.74) is 0.469. The summed E-state index contributed by atoms with van der Waals surface area (Å²) in [6.07, 6.45) is -1.10. The van der Waals surface area contributed by atoms with Crippen molar-refractivity contribution in [3.63, 3.8) is 0 Å². The lowest BCUT2D eigenvalue weighted by Crippen LogP contribution is -2.25. The molecule has 1 heterocycles. The van der Waals surface area contributed by atoms with Gasteiger partial charge in [-0.05, 0) is 12.1 Å². The minimum Gasteiger partial charge on any atom is -0.441 e. The van der Waals surface area contributed by atoms with Gasteiger partial charge in [-0.2, -0.15) is 0 Å². The number of rotatable bonds is 3. The normalized spacial score (nSPS) is 19.2. The molecule has 0 aliphatic carbocycles. The first kappa shape index (κ1) is 11.3. The van der Waals surface area contributed by atoms with Gasteiger partial charge in [-0.1, -0.05) is 0 Å². The van der Waals surface area contributed by atoms with Gasteiger partial charge in [0.05, 0.1) is 18.1 Å². The predicted molar refractivity (Wildman–Crippen MR) is 57.8 cm³/mol. The van der Waals surface area contributed by atoms with E-state index in [9.17, 15) is 14.9 Å². The standard InChI is InChI=1S/C10H10N2O5/c13-6-9-5-11(10(14)17-9)7-1-3-8(4-2-7)12(15)16/h1-4,9,13H,5-6H2/t9-/m0/s1. The second kappa shape index (κ2) is 4.38. The number of carbonyl (C=O) groups is 1. The molecule has 2 rings (SSSR count). The number of nitro groups is 1. The maximum Gasteiger partial charge on any atom is 0.414 e. The van der Waals surface area contributed by atoms with Gasteiger partial charge < -0.3 is 9.84 Å². The van der Waals surface area contributed by atoms with Gasteiger partial charge in [-0.25, -0.2) is 4.79 Å². The second-order valence-electron chi connectivity index (χ2n) is 3.57. The molecule has 1 aliphatic heterocycles. The molecular formula is C10H10N2O5. The van der Waals surface area contributed by atoms with Crippen LogP contribution < -0.4 is 4.90 Å². The highest BCUT2D eigenvalue weighted by molar-refractivity contribution is 5.89. The molecule has 1 aromatic carbocycles. The molecule has 1 aromatic rings. The summed E-state index contributed by atoms with van der Waals surface area (Å²) < 4.78 is 4.86. The Hall–Kier alpha value is -2.15. The van der Waals surface area contributed by atoms with Gasteiger partial charge in [0.1, 0.15) is 6.10 Å². The highest BCUT2D eigenvalue weighted by Crippen LogP contribution is 2.23. The first-order valence-electron chi connectivity index (χ1n) is 4.95. The van der Waals surface area contributed by atoms with Gasteiger partial charge in [-0.15, -0.1) is 0 Å². The van der Waals surface area contributed by atoms with Crippen molar-refractivity contribution in [2.75, 3.05) is 18.1 Å². The summed E-state index contributed by atoms with van der Waals surface area (Å²) >= 11 is 0. The molecule has 0 radical (unpaired) electrons. The maximum atomic E-state index is 11.4. The number of cyclic esters (lactones) is 1. The predicted octanol–water partition coefficient (Wildman–Crippen LogP) is 0.912. The van der Waals surface area contributed by atoms with Crippen LogP contribution >= 0.6 is 0 Å². The maximum absolute atomic E-state index is 11.4. The van der Waals surface area contributed by atoms with Gasteiger partial charge in [0, 0.05) is 17.8 Å². The quantitative estimate of drug-likeness (QED) is 0.624. The second-order valence-corrected chi connectivity index (χ2v) is 3.57. The molecule has 0 spiro atoms. The summed E-state index contributed by atoms with van der Waals surface area (Å²) in [6.45, 7) is 0.00235. The Labute approximate surface area is 96.4 Å². The number of amides is 1. The lowest BCUT2D eigenvalue weighted by atomic mass is 10.2. The van der Waals surface area contributed by atoms with Crippen molar-refractivity contribution in [3.05, 3.63) is 34.4 Å². The molecule has 7 heteroatoms. The lowest BCUT2D eigenvalue weighted by Gasteiger charge is -2.11. The fourth-order valence-corrected chi connectivity index (χ4v) is 1.58. The Bertz CT molecular complexity index is 445. The number of ether oxygens (including phenoxy) is 1. The Morgan fingerprint density at radius 1 is 1.47 bits per heavy atom. The summed E-state index contributed by atoms with van der Waals surface area (Å²) in [5.74, 6) is 0. The third-order valence-corrected chi connectivity index (χ3v) is 2.45. The molecule has 1 amide bonds. The average molecular weight is 238 g/mol. The molecule has 1 N–H and O–H groups in total. The molecule has 0 saturated carbocycles. The van der Waals surface area contributed by atoms with Crippen molar-refractivity contribution in [1.82, 2.24) is 0 Å². The van der Waals surface area contributed by atoms with Crippen molar-refractivity contribution in [3.8, 4) is 0 Å². The van der Waals surface area contributed by atoms with E-state index in [4.69, 9.17) is 9.84 Å². The molecule has 1 atom stereocenters. The van der Waals surface area contributed by atoms with Crippen LogP contribution in [0.1, 0.15) is 0 Å². The van der Waals surface area contributed by atoms with Gasteiger partial charge in [0.15, 0.2) is 0 Å². The highest BCUT2D eigenvalue weighted by atomic mass is 16.6. The van der Waals surface area contributed by atoms with Gasteiger partial charge in [0.25, 0.3) is 5.69 Å². The van der Waals surface area contributed by atoms with Crippen LogP contribution in [0.15, 0.2) is 24.3 Å². The van der Waals surface area contributed by atoms with Crippen molar-refractivity contribution in [2.24, 2.45) is 0 Å². The third kappa shape index (κ3) is 2.18. The van der Waals surface area contributed by atoms with Crippen LogP contribution in [0.25, 0.3) is 0 Å². The number of hydrogen-bond donors (Lipinski definition) is 1. The van der Waals surface area contributed by atoms with Crippen LogP contribution in [-0.2, 0) is 4.74 Å².